The quantitative estimate of drug-likeness (QED) is 0.649. The maximum atomic E-state index is 12.1. The van der Waals surface area contributed by atoms with Crippen LogP contribution in [0.5, 0.6) is 0 Å². The molecule has 2 N–H and O–H groups in total. The molecule has 7 nitrogen and oxygen atoms in total. The molecule has 1 aromatic carbocycles. The number of carboxylic acids is 1. The van der Waals surface area contributed by atoms with Crippen molar-refractivity contribution in [2.24, 2.45) is 0 Å². The highest BCUT2D eigenvalue weighted by Crippen LogP contribution is 2.20. The van der Waals surface area contributed by atoms with E-state index in [4.69, 9.17) is 5.11 Å². The number of benzene rings is 1. The second kappa shape index (κ2) is 6.57. The summed E-state index contributed by atoms with van der Waals surface area (Å²) in [6, 6.07) is 3.23. The van der Waals surface area contributed by atoms with E-state index in [1.807, 2.05) is 11.8 Å². The molecule has 1 saturated heterocycles. The zero-order valence-electron chi connectivity index (χ0n) is 11.1. The maximum Gasteiger partial charge on any atom is 0.335 e. The number of aromatic carboxylic acids is 1. The molecule has 0 bridgehead atoms. The fraction of sp³-hybridized carbons (Fsp3) is 0.385. The Morgan fingerprint density at radius 3 is 2.43 bits per heavy atom. The van der Waals surface area contributed by atoms with E-state index in [-0.39, 0.29) is 17.2 Å². The van der Waals surface area contributed by atoms with Crippen LogP contribution in [-0.2, 0) is 0 Å². The number of hydrogen-bond acceptors (Lipinski definition) is 5. The van der Waals surface area contributed by atoms with Crippen molar-refractivity contribution in [3.05, 3.63) is 39.4 Å². The van der Waals surface area contributed by atoms with Crippen LogP contribution in [-0.4, -0.2) is 39.5 Å². The molecule has 0 unspecified atom stereocenters. The van der Waals surface area contributed by atoms with Gasteiger partial charge in [-0.3, -0.25) is 14.9 Å². The summed E-state index contributed by atoms with van der Waals surface area (Å²) in [7, 11) is 0. The van der Waals surface area contributed by atoms with Gasteiger partial charge in [0.25, 0.3) is 11.6 Å². The van der Waals surface area contributed by atoms with E-state index in [9.17, 15) is 19.7 Å². The van der Waals surface area contributed by atoms with E-state index in [0.29, 0.717) is 0 Å². The molecule has 1 amide bonds. The number of carbonyl (C=O) groups is 2. The first kappa shape index (κ1) is 15.3. The Bertz CT molecular complexity index is 552. The molecular formula is C13H14N2O5S. The van der Waals surface area contributed by atoms with E-state index < -0.39 is 22.5 Å². The Morgan fingerprint density at radius 1 is 1.24 bits per heavy atom. The largest absolute Gasteiger partial charge is 0.478 e. The third-order valence-corrected chi connectivity index (χ3v) is 4.24. The number of rotatable bonds is 4. The van der Waals surface area contributed by atoms with E-state index in [2.05, 4.69) is 5.32 Å². The predicted molar refractivity (Wildman–Crippen MR) is 77.9 cm³/mol. The monoisotopic (exact) mass is 310 g/mol. The minimum absolute atomic E-state index is 0.000161. The van der Waals surface area contributed by atoms with E-state index >= 15 is 0 Å². The van der Waals surface area contributed by atoms with Crippen LogP contribution in [0.25, 0.3) is 0 Å². The molecule has 1 heterocycles. The third kappa shape index (κ3) is 3.94. The summed E-state index contributed by atoms with van der Waals surface area (Å²) >= 11 is 1.82. The molecule has 0 saturated carbocycles. The molecule has 1 aliphatic heterocycles. The maximum absolute atomic E-state index is 12.1. The first-order valence-corrected chi connectivity index (χ1v) is 7.54. The predicted octanol–water partition coefficient (Wildman–Crippen LogP) is 1.92. The van der Waals surface area contributed by atoms with Crippen molar-refractivity contribution < 1.29 is 19.6 Å². The summed E-state index contributed by atoms with van der Waals surface area (Å²) in [6.45, 7) is 0. The molecule has 0 spiro atoms. The zero-order chi connectivity index (χ0) is 15.4. The van der Waals surface area contributed by atoms with E-state index in [0.717, 1.165) is 42.5 Å². The minimum atomic E-state index is -1.30. The number of hydrogen-bond donors (Lipinski definition) is 2. The Morgan fingerprint density at radius 2 is 1.86 bits per heavy atom. The number of nitrogens with one attached hydrogen (secondary N) is 1. The van der Waals surface area contributed by atoms with Crippen molar-refractivity contribution in [2.75, 3.05) is 11.5 Å². The fourth-order valence-electron chi connectivity index (χ4n) is 2.08. The molecule has 1 aliphatic rings. The van der Waals surface area contributed by atoms with Crippen LogP contribution < -0.4 is 5.32 Å². The molecule has 21 heavy (non-hydrogen) atoms. The molecule has 0 radical (unpaired) electrons. The first-order valence-electron chi connectivity index (χ1n) is 6.39. The van der Waals surface area contributed by atoms with Gasteiger partial charge in [0.1, 0.15) is 0 Å². The van der Waals surface area contributed by atoms with Crippen molar-refractivity contribution >= 4 is 29.3 Å². The minimum Gasteiger partial charge on any atom is -0.478 e. The van der Waals surface area contributed by atoms with Gasteiger partial charge in [0.05, 0.1) is 10.5 Å². The van der Waals surface area contributed by atoms with Gasteiger partial charge >= 0.3 is 5.97 Å². The molecule has 0 aromatic heterocycles. The molecule has 0 atom stereocenters. The topological polar surface area (TPSA) is 110 Å². The van der Waals surface area contributed by atoms with Crippen LogP contribution in [0.1, 0.15) is 33.6 Å². The fourth-order valence-corrected chi connectivity index (χ4v) is 3.19. The number of amides is 1. The second-order valence-corrected chi connectivity index (χ2v) is 5.92. The number of carboxylic acid groups (broad SMARTS) is 1. The lowest BCUT2D eigenvalue weighted by molar-refractivity contribution is -0.384. The zero-order valence-corrected chi connectivity index (χ0v) is 11.9. The van der Waals surface area contributed by atoms with Gasteiger partial charge in [0.2, 0.25) is 0 Å². The molecular weight excluding hydrogens is 296 g/mol. The summed E-state index contributed by atoms with van der Waals surface area (Å²) in [4.78, 5) is 33.2. The van der Waals surface area contributed by atoms with Crippen LogP contribution in [0.4, 0.5) is 5.69 Å². The Balaban J connectivity index is 2.22. The number of carbonyl (C=O) groups excluding carboxylic acids is 1. The van der Waals surface area contributed by atoms with Crippen LogP contribution in [0.2, 0.25) is 0 Å². The lowest BCUT2D eigenvalue weighted by Gasteiger charge is -2.22. The summed E-state index contributed by atoms with van der Waals surface area (Å²) < 4.78 is 0. The smallest absolute Gasteiger partial charge is 0.335 e. The van der Waals surface area contributed by atoms with Gasteiger partial charge in [-0.15, -0.1) is 0 Å². The molecule has 1 aromatic rings. The van der Waals surface area contributed by atoms with Crippen molar-refractivity contribution in [1.29, 1.82) is 0 Å². The average Bonchev–Trinajstić information content (AvgIpc) is 2.47. The molecule has 1 fully saturated rings. The third-order valence-electron chi connectivity index (χ3n) is 3.19. The second-order valence-electron chi connectivity index (χ2n) is 4.69. The van der Waals surface area contributed by atoms with Crippen molar-refractivity contribution in [3.63, 3.8) is 0 Å². The number of nitro benzene ring substituents is 1. The highest BCUT2D eigenvalue weighted by atomic mass is 32.2. The van der Waals surface area contributed by atoms with Crippen molar-refractivity contribution in [1.82, 2.24) is 5.32 Å². The van der Waals surface area contributed by atoms with E-state index in [1.165, 1.54) is 0 Å². The van der Waals surface area contributed by atoms with E-state index in [1.54, 1.807) is 0 Å². The molecule has 112 valence electrons. The van der Waals surface area contributed by atoms with Gasteiger partial charge in [0.15, 0.2) is 0 Å². The van der Waals surface area contributed by atoms with Gasteiger partial charge in [0, 0.05) is 23.7 Å². The lowest BCUT2D eigenvalue weighted by Crippen LogP contribution is -2.37. The van der Waals surface area contributed by atoms with Crippen molar-refractivity contribution in [2.45, 2.75) is 18.9 Å². The number of nitro groups is 1. The first-order chi connectivity index (χ1) is 9.97. The summed E-state index contributed by atoms with van der Waals surface area (Å²) in [5.41, 5.74) is -0.673. The lowest BCUT2D eigenvalue weighted by atomic mass is 10.1. The van der Waals surface area contributed by atoms with Gasteiger partial charge in [-0.05, 0) is 30.4 Å². The van der Waals surface area contributed by atoms with Crippen LogP contribution >= 0.6 is 11.8 Å². The van der Waals surface area contributed by atoms with Gasteiger partial charge in [-0.1, -0.05) is 0 Å². The molecule has 0 aliphatic carbocycles. The standard InChI is InChI=1S/C13H14N2O5S/c16-12(14-10-1-3-21-4-2-10)8-5-9(13(17)18)7-11(6-8)15(19)20/h5-7,10H,1-4H2,(H,14,16)(H,17,18). The van der Waals surface area contributed by atoms with Crippen LogP contribution in [0, 0.1) is 10.1 Å². The summed E-state index contributed by atoms with van der Waals surface area (Å²) in [6.07, 6.45) is 1.69. The van der Waals surface area contributed by atoms with Crippen LogP contribution in [0.15, 0.2) is 18.2 Å². The number of nitrogens with zero attached hydrogens (tertiary/aromatic N) is 1. The summed E-state index contributed by atoms with van der Waals surface area (Å²) in [5.74, 6) is 0.139. The van der Waals surface area contributed by atoms with Crippen molar-refractivity contribution in [3.8, 4) is 0 Å². The Kier molecular flexibility index (Phi) is 4.79. The number of thioether (sulfide) groups is 1. The molecule has 8 heteroatoms. The highest BCUT2D eigenvalue weighted by molar-refractivity contribution is 7.99. The van der Waals surface area contributed by atoms with Gasteiger partial charge < -0.3 is 10.4 Å². The molecule has 2 rings (SSSR count). The Hall–Kier alpha value is -2.09. The van der Waals surface area contributed by atoms with Gasteiger partial charge in [-0.25, -0.2) is 4.79 Å². The normalized spacial score (nSPS) is 15.4. The summed E-state index contributed by atoms with van der Waals surface area (Å²) in [5, 5.41) is 22.6. The number of non-ortho nitro benzene ring substituents is 1. The van der Waals surface area contributed by atoms with Gasteiger partial charge in [-0.2, -0.15) is 11.8 Å². The highest BCUT2D eigenvalue weighted by Gasteiger charge is 2.20. The Labute approximate surface area is 124 Å². The van der Waals surface area contributed by atoms with Crippen LogP contribution in [0.3, 0.4) is 0 Å². The SMILES string of the molecule is O=C(O)c1cc(C(=O)NC2CCSCC2)cc([N+](=O)[O-])c1. The average molecular weight is 310 g/mol.